The fourth-order valence-electron chi connectivity index (χ4n) is 1.98. The van der Waals surface area contributed by atoms with Gasteiger partial charge >= 0.3 is 0 Å². The minimum Gasteiger partial charge on any atom is -0.343 e. The van der Waals surface area contributed by atoms with Gasteiger partial charge in [0.15, 0.2) is 5.82 Å². The Morgan fingerprint density at radius 3 is 3.00 bits per heavy atom. The maximum Gasteiger partial charge on any atom is 0.159 e. The molecule has 1 unspecified atom stereocenters. The Morgan fingerprint density at radius 1 is 1.42 bits per heavy atom. The molecule has 19 heavy (non-hydrogen) atoms. The van der Waals surface area contributed by atoms with Crippen molar-refractivity contribution >= 4 is 0 Å². The molecule has 7 nitrogen and oxygen atoms in total. The zero-order chi connectivity index (χ0) is 13.2. The van der Waals surface area contributed by atoms with Gasteiger partial charge in [-0.2, -0.15) is 5.10 Å². The Hall–Kier alpha value is -2.44. The third-order valence-corrected chi connectivity index (χ3v) is 2.97. The average Bonchev–Trinajstić information content (AvgIpc) is 3.08. The molecule has 3 aromatic rings. The Balaban J connectivity index is 1.75. The predicted molar refractivity (Wildman–Crippen MR) is 69.3 cm³/mol. The number of rotatable bonds is 4. The lowest BCUT2D eigenvalue weighted by Gasteiger charge is -2.08. The Bertz CT molecular complexity index is 649. The summed E-state index contributed by atoms with van der Waals surface area (Å²) in [6.07, 6.45) is 6.17. The molecule has 0 spiro atoms. The van der Waals surface area contributed by atoms with Crippen LogP contribution in [0.1, 0.15) is 24.4 Å². The molecule has 0 fully saturated rings. The first-order valence-corrected chi connectivity index (χ1v) is 6.15. The van der Waals surface area contributed by atoms with Crippen LogP contribution in [0.25, 0.3) is 11.5 Å². The van der Waals surface area contributed by atoms with Crippen molar-refractivity contribution in [3.63, 3.8) is 0 Å². The van der Waals surface area contributed by atoms with Crippen molar-refractivity contribution in [3.05, 3.63) is 36.0 Å². The van der Waals surface area contributed by atoms with Crippen LogP contribution in [0, 0.1) is 6.92 Å². The second-order valence-electron chi connectivity index (χ2n) is 4.62. The van der Waals surface area contributed by atoms with Crippen LogP contribution in [0.3, 0.4) is 0 Å². The lowest BCUT2D eigenvalue weighted by Crippen LogP contribution is -2.09. The topological polar surface area (TPSA) is 88.1 Å². The Kier molecular flexibility index (Phi) is 2.86. The maximum atomic E-state index is 4.23. The highest BCUT2D eigenvalue weighted by atomic mass is 15.4. The molecule has 0 amide bonds. The molecule has 0 aliphatic carbocycles. The van der Waals surface area contributed by atoms with E-state index in [0.29, 0.717) is 0 Å². The number of aryl methyl sites for hydroxylation is 1. The average molecular weight is 257 g/mol. The third-order valence-electron chi connectivity index (χ3n) is 2.97. The maximum absolute atomic E-state index is 4.23. The van der Waals surface area contributed by atoms with Crippen LogP contribution in [0.5, 0.6) is 0 Å². The number of nitrogens with one attached hydrogen (secondary N) is 2. The number of imidazole rings is 1. The van der Waals surface area contributed by atoms with Crippen molar-refractivity contribution in [1.29, 1.82) is 0 Å². The zero-order valence-corrected chi connectivity index (χ0v) is 10.8. The molecular formula is C12H15N7. The van der Waals surface area contributed by atoms with E-state index < -0.39 is 0 Å². The second-order valence-corrected chi connectivity index (χ2v) is 4.62. The highest BCUT2D eigenvalue weighted by Crippen LogP contribution is 2.15. The number of aromatic nitrogens is 7. The first-order chi connectivity index (χ1) is 9.22. The smallest absolute Gasteiger partial charge is 0.159 e. The first kappa shape index (κ1) is 11.6. The Labute approximate surface area is 110 Å². The lowest BCUT2D eigenvalue weighted by atomic mass is 10.2. The van der Waals surface area contributed by atoms with Crippen molar-refractivity contribution in [2.45, 2.75) is 26.3 Å². The number of H-pyrrole nitrogens is 2. The number of aromatic amines is 2. The van der Waals surface area contributed by atoms with Crippen LogP contribution in [-0.2, 0) is 6.42 Å². The van der Waals surface area contributed by atoms with Crippen LogP contribution in [0.2, 0.25) is 0 Å². The largest absolute Gasteiger partial charge is 0.343 e. The summed E-state index contributed by atoms with van der Waals surface area (Å²) in [6.45, 7) is 4.08. The third kappa shape index (κ3) is 2.40. The van der Waals surface area contributed by atoms with Crippen molar-refractivity contribution in [1.82, 2.24) is 35.2 Å². The van der Waals surface area contributed by atoms with E-state index in [1.54, 1.807) is 12.4 Å². The molecule has 98 valence electrons. The van der Waals surface area contributed by atoms with Crippen molar-refractivity contribution in [2.24, 2.45) is 0 Å². The van der Waals surface area contributed by atoms with E-state index in [1.165, 1.54) is 0 Å². The highest BCUT2D eigenvalue weighted by Gasteiger charge is 2.12. The van der Waals surface area contributed by atoms with E-state index >= 15 is 0 Å². The van der Waals surface area contributed by atoms with Gasteiger partial charge in [-0.15, -0.1) is 5.10 Å². The number of hydrogen-bond acceptors (Lipinski definition) is 4. The quantitative estimate of drug-likeness (QED) is 0.741. The minimum atomic E-state index is 0.193. The molecule has 0 aromatic carbocycles. The van der Waals surface area contributed by atoms with E-state index in [-0.39, 0.29) is 6.04 Å². The summed E-state index contributed by atoms with van der Waals surface area (Å²) in [5, 5.41) is 15.4. The SMILES string of the molecule is Cc1cc(CC(C)n2cc(-c3ncc[nH]3)nn2)n[nH]1. The predicted octanol–water partition coefficient (Wildman–Crippen LogP) is 1.50. The van der Waals surface area contributed by atoms with Crippen LogP contribution < -0.4 is 0 Å². The fraction of sp³-hybridized carbons (Fsp3) is 0.333. The van der Waals surface area contributed by atoms with E-state index in [4.69, 9.17) is 0 Å². The van der Waals surface area contributed by atoms with Gasteiger partial charge in [0.25, 0.3) is 0 Å². The summed E-state index contributed by atoms with van der Waals surface area (Å²) < 4.78 is 1.84. The number of hydrogen-bond donors (Lipinski definition) is 2. The van der Waals surface area contributed by atoms with Gasteiger partial charge in [0, 0.05) is 24.5 Å². The molecule has 0 aliphatic heterocycles. The molecule has 3 heterocycles. The minimum absolute atomic E-state index is 0.193. The van der Waals surface area contributed by atoms with E-state index in [1.807, 2.05) is 23.9 Å². The van der Waals surface area contributed by atoms with Gasteiger partial charge < -0.3 is 4.98 Å². The molecule has 0 aliphatic rings. The van der Waals surface area contributed by atoms with Crippen LogP contribution >= 0.6 is 0 Å². The summed E-state index contributed by atoms with van der Waals surface area (Å²) in [5.74, 6) is 0.731. The summed E-state index contributed by atoms with van der Waals surface area (Å²) in [6, 6.07) is 2.24. The summed E-state index contributed by atoms with van der Waals surface area (Å²) in [4.78, 5) is 7.17. The fourth-order valence-corrected chi connectivity index (χ4v) is 1.98. The molecule has 0 saturated heterocycles. The Morgan fingerprint density at radius 2 is 2.32 bits per heavy atom. The van der Waals surface area contributed by atoms with E-state index in [0.717, 1.165) is 29.3 Å². The van der Waals surface area contributed by atoms with Gasteiger partial charge in [-0.1, -0.05) is 5.21 Å². The van der Waals surface area contributed by atoms with Crippen LogP contribution in [-0.4, -0.2) is 35.2 Å². The summed E-state index contributed by atoms with van der Waals surface area (Å²) in [7, 11) is 0. The van der Waals surface area contributed by atoms with Gasteiger partial charge in [-0.25, -0.2) is 9.67 Å². The van der Waals surface area contributed by atoms with Crippen molar-refractivity contribution in [2.75, 3.05) is 0 Å². The monoisotopic (exact) mass is 257 g/mol. The molecule has 3 rings (SSSR count). The molecular weight excluding hydrogens is 242 g/mol. The lowest BCUT2D eigenvalue weighted by molar-refractivity contribution is 0.470. The van der Waals surface area contributed by atoms with E-state index in [2.05, 4.69) is 37.4 Å². The summed E-state index contributed by atoms with van der Waals surface area (Å²) in [5.41, 5.74) is 2.84. The number of nitrogens with zero attached hydrogens (tertiary/aromatic N) is 5. The van der Waals surface area contributed by atoms with Crippen molar-refractivity contribution < 1.29 is 0 Å². The van der Waals surface area contributed by atoms with Gasteiger partial charge in [0.1, 0.15) is 5.69 Å². The summed E-state index contributed by atoms with van der Waals surface area (Å²) >= 11 is 0. The molecule has 1 atom stereocenters. The second kappa shape index (κ2) is 4.68. The molecule has 0 bridgehead atoms. The van der Waals surface area contributed by atoms with Crippen LogP contribution in [0.4, 0.5) is 0 Å². The highest BCUT2D eigenvalue weighted by molar-refractivity contribution is 5.45. The van der Waals surface area contributed by atoms with Gasteiger partial charge in [0.2, 0.25) is 0 Å². The first-order valence-electron chi connectivity index (χ1n) is 6.15. The normalized spacial score (nSPS) is 12.7. The van der Waals surface area contributed by atoms with Gasteiger partial charge in [-0.3, -0.25) is 5.10 Å². The standard InChI is InChI=1S/C12H15N7/c1-8-5-10(16-15-8)6-9(2)19-7-11(17-18-19)12-13-3-4-14-12/h3-5,7,9H,6H2,1-2H3,(H,13,14)(H,15,16). The molecule has 2 N–H and O–H groups in total. The molecule has 0 saturated carbocycles. The van der Waals surface area contributed by atoms with Gasteiger partial charge in [-0.05, 0) is 19.9 Å². The van der Waals surface area contributed by atoms with E-state index in [9.17, 15) is 0 Å². The molecule has 3 aromatic heterocycles. The zero-order valence-electron chi connectivity index (χ0n) is 10.8. The molecule has 0 radical (unpaired) electrons. The molecule has 7 heteroatoms. The van der Waals surface area contributed by atoms with Crippen LogP contribution in [0.15, 0.2) is 24.7 Å². The van der Waals surface area contributed by atoms with Gasteiger partial charge in [0.05, 0.1) is 17.9 Å². The van der Waals surface area contributed by atoms with Crippen molar-refractivity contribution in [3.8, 4) is 11.5 Å².